The number of halogens is 4. The second kappa shape index (κ2) is 5.94. The summed E-state index contributed by atoms with van der Waals surface area (Å²) in [7, 11) is -2.87. The maximum Gasteiger partial charge on any atom is 0.405 e. The molecule has 2 rings (SSSR count). The number of hydrogen-bond acceptors (Lipinski definition) is 2. The van der Waals surface area contributed by atoms with E-state index in [4.69, 9.17) is 0 Å². The standard InChI is InChI=1S/C13H16F4N2OS/c1-21(20,9-10-2-4-11(14)5-3-10)19-7-6-18-12(8-19)13(15,16)17/h2-5,12,18H,1,6-9H2. The second-order valence-electron chi connectivity index (χ2n) is 4.98. The Kier molecular flexibility index (Phi) is 4.60. The second-order valence-corrected chi connectivity index (χ2v) is 7.33. The molecule has 118 valence electrons. The third-order valence-electron chi connectivity index (χ3n) is 3.31. The number of benzene rings is 1. The molecule has 0 aliphatic carbocycles. The first kappa shape index (κ1) is 16.3. The van der Waals surface area contributed by atoms with E-state index in [-0.39, 0.29) is 18.8 Å². The first-order valence-corrected chi connectivity index (χ1v) is 8.18. The highest BCUT2D eigenvalue weighted by atomic mass is 32.2. The van der Waals surface area contributed by atoms with E-state index in [1.54, 1.807) is 0 Å². The van der Waals surface area contributed by atoms with Crippen molar-refractivity contribution in [1.82, 2.24) is 9.62 Å². The average molecular weight is 324 g/mol. The molecule has 21 heavy (non-hydrogen) atoms. The number of alkyl halides is 3. The third-order valence-corrected chi connectivity index (χ3v) is 5.37. The highest BCUT2D eigenvalue weighted by molar-refractivity contribution is 7.97. The normalized spacial score (nSPS) is 23.7. The lowest BCUT2D eigenvalue weighted by Gasteiger charge is -2.36. The van der Waals surface area contributed by atoms with Crippen molar-refractivity contribution in [3.63, 3.8) is 0 Å². The summed E-state index contributed by atoms with van der Waals surface area (Å²) in [4.78, 5) is 0. The molecule has 0 saturated carbocycles. The fourth-order valence-electron chi connectivity index (χ4n) is 2.18. The fourth-order valence-corrected chi connectivity index (χ4v) is 3.92. The van der Waals surface area contributed by atoms with Gasteiger partial charge in [0.05, 0.1) is 5.75 Å². The Labute approximate surface area is 121 Å². The van der Waals surface area contributed by atoms with E-state index in [0.717, 1.165) is 0 Å². The van der Waals surface area contributed by atoms with Gasteiger partial charge in [-0.3, -0.25) is 4.21 Å². The fraction of sp³-hybridized carbons (Fsp3) is 0.462. The van der Waals surface area contributed by atoms with Crippen LogP contribution in [0.25, 0.3) is 0 Å². The lowest BCUT2D eigenvalue weighted by Crippen LogP contribution is -2.58. The Morgan fingerprint density at radius 2 is 1.95 bits per heavy atom. The summed E-state index contributed by atoms with van der Waals surface area (Å²) >= 11 is 0. The summed E-state index contributed by atoms with van der Waals surface area (Å²) in [5.41, 5.74) is 0.582. The molecule has 2 unspecified atom stereocenters. The molecule has 0 amide bonds. The molecule has 1 aliphatic heterocycles. The number of hydrogen-bond donors (Lipinski definition) is 1. The van der Waals surface area contributed by atoms with Gasteiger partial charge in [0.25, 0.3) is 0 Å². The van der Waals surface area contributed by atoms with Gasteiger partial charge in [-0.25, -0.2) is 8.70 Å². The van der Waals surface area contributed by atoms with Crippen LogP contribution in [0, 0.1) is 5.82 Å². The van der Waals surface area contributed by atoms with Crippen molar-refractivity contribution < 1.29 is 21.8 Å². The zero-order valence-electron chi connectivity index (χ0n) is 11.2. The predicted octanol–water partition coefficient (Wildman–Crippen LogP) is 1.79. The summed E-state index contributed by atoms with van der Waals surface area (Å²) in [5, 5.41) is 2.36. The highest BCUT2D eigenvalue weighted by Crippen LogP contribution is 2.24. The van der Waals surface area contributed by atoms with Gasteiger partial charge in [0.2, 0.25) is 0 Å². The van der Waals surface area contributed by atoms with Crippen LogP contribution in [0.1, 0.15) is 5.56 Å². The Morgan fingerprint density at radius 1 is 1.33 bits per heavy atom. The van der Waals surface area contributed by atoms with Gasteiger partial charge in [-0.1, -0.05) is 12.1 Å². The van der Waals surface area contributed by atoms with Crippen LogP contribution in [0.4, 0.5) is 17.6 Å². The van der Waals surface area contributed by atoms with Gasteiger partial charge in [0.1, 0.15) is 11.9 Å². The average Bonchev–Trinajstić information content (AvgIpc) is 2.40. The summed E-state index contributed by atoms with van der Waals surface area (Å²) < 4.78 is 64.9. The van der Waals surface area contributed by atoms with Gasteiger partial charge < -0.3 is 5.32 Å². The Balaban J connectivity index is 2.10. The van der Waals surface area contributed by atoms with Crippen molar-refractivity contribution in [3.8, 4) is 0 Å². The molecule has 0 radical (unpaired) electrons. The highest BCUT2D eigenvalue weighted by Gasteiger charge is 2.43. The van der Waals surface area contributed by atoms with Crippen molar-refractivity contribution >= 4 is 15.6 Å². The van der Waals surface area contributed by atoms with Gasteiger partial charge >= 0.3 is 6.18 Å². The maximum absolute atomic E-state index is 12.8. The van der Waals surface area contributed by atoms with Crippen molar-refractivity contribution in [2.75, 3.05) is 19.6 Å². The van der Waals surface area contributed by atoms with Gasteiger partial charge in [-0.2, -0.15) is 13.2 Å². The van der Waals surface area contributed by atoms with E-state index < -0.39 is 34.3 Å². The van der Waals surface area contributed by atoms with Crippen molar-refractivity contribution in [3.05, 3.63) is 35.6 Å². The number of piperazine rings is 1. The summed E-state index contributed by atoms with van der Waals surface area (Å²) in [6.45, 7) is -0.0662. The number of nitrogens with one attached hydrogen (secondary N) is 1. The van der Waals surface area contributed by atoms with E-state index in [2.05, 4.69) is 11.2 Å². The Morgan fingerprint density at radius 3 is 2.52 bits per heavy atom. The van der Waals surface area contributed by atoms with Crippen LogP contribution in [0.5, 0.6) is 0 Å². The molecular weight excluding hydrogens is 308 g/mol. The molecule has 1 aromatic carbocycles. The van der Waals surface area contributed by atoms with Crippen LogP contribution in [0.3, 0.4) is 0 Å². The molecule has 1 N–H and O–H groups in total. The Bertz CT molecular complexity index is 583. The maximum atomic E-state index is 12.8. The molecule has 1 saturated heterocycles. The van der Waals surface area contributed by atoms with E-state index in [1.807, 2.05) is 0 Å². The summed E-state index contributed by atoms with van der Waals surface area (Å²) in [6.07, 6.45) is -4.38. The molecule has 0 bridgehead atoms. The molecule has 3 nitrogen and oxygen atoms in total. The minimum Gasteiger partial charge on any atom is -0.304 e. The summed E-state index contributed by atoms with van der Waals surface area (Å²) in [5.74, 6) is 3.17. The first-order chi connectivity index (χ1) is 9.68. The number of rotatable bonds is 3. The van der Waals surface area contributed by atoms with Crippen molar-refractivity contribution in [1.29, 1.82) is 0 Å². The number of nitrogens with zero attached hydrogens (tertiary/aromatic N) is 1. The van der Waals surface area contributed by atoms with Crippen LogP contribution in [0.15, 0.2) is 24.3 Å². The largest absolute Gasteiger partial charge is 0.405 e. The van der Waals surface area contributed by atoms with Gasteiger partial charge in [-0.15, -0.1) is 0 Å². The molecule has 1 fully saturated rings. The molecule has 1 heterocycles. The molecule has 2 atom stereocenters. The molecule has 1 aliphatic rings. The quantitative estimate of drug-likeness (QED) is 0.679. The molecule has 8 heteroatoms. The van der Waals surface area contributed by atoms with Crippen molar-refractivity contribution in [2.24, 2.45) is 0 Å². The zero-order chi connectivity index (χ0) is 15.7. The molecule has 1 aromatic rings. The predicted molar refractivity (Wildman–Crippen MR) is 74.8 cm³/mol. The van der Waals surface area contributed by atoms with Crippen LogP contribution >= 0.6 is 0 Å². The van der Waals surface area contributed by atoms with Gasteiger partial charge in [0.15, 0.2) is 0 Å². The first-order valence-electron chi connectivity index (χ1n) is 6.33. The van der Waals surface area contributed by atoms with E-state index in [9.17, 15) is 21.8 Å². The lowest BCUT2D eigenvalue weighted by molar-refractivity contribution is -0.160. The Hall–Kier alpha value is -1.12. The molecule has 0 spiro atoms. The van der Waals surface area contributed by atoms with Crippen molar-refractivity contribution in [2.45, 2.75) is 18.0 Å². The van der Waals surface area contributed by atoms with Crippen LogP contribution < -0.4 is 5.32 Å². The van der Waals surface area contributed by atoms with E-state index in [1.165, 1.54) is 28.6 Å². The van der Waals surface area contributed by atoms with Crippen LogP contribution in [-0.4, -0.2) is 46.2 Å². The molecule has 0 aromatic heterocycles. The smallest absolute Gasteiger partial charge is 0.304 e. The van der Waals surface area contributed by atoms with E-state index in [0.29, 0.717) is 5.56 Å². The lowest BCUT2D eigenvalue weighted by atomic mass is 10.2. The minimum absolute atomic E-state index is 0.00213. The summed E-state index contributed by atoms with van der Waals surface area (Å²) in [6, 6.07) is 3.66. The van der Waals surface area contributed by atoms with Gasteiger partial charge in [0, 0.05) is 29.3 Å². The zero-order valence-corrected chi connectivity index (χ0v) is 12.0. The van der Waals surface area contributed by atoms with Gasteiger partial charge in [-0.05, 0) is 23.6 Å². The molecular formula is C13H16F4N2OS. The minimum atomic E-state index is -4.38. The third kappa shape index (κ3) is 4.18. The van der Waals surface area contributed by atoms with Crippen LogP contribution in [0.2, 0.25) is 0 Å². The topological polar surface area (TPSA) is 32.3 Å². The van der Waals surface area contributed by atoms with E-state index >= 15 is 0 Å². The van der Waals surface area contributed by atoms with Crippen LogP contribution in [-0.2, 0) is 15.5 Å². The SMILES string of the molecule is C=S(=O)(Cc1ccc(F)cc1)N1CCNC(C(F)(F)F)C1. The monoisotopic (exact) mass is 324 g/mol.